The maximum Gasteiger partial charge on any atom is 0.332 e. The zero-order chi connectivity index (χ0) is 12.0. The van der Waals surface area contributed by atoms with Gasteiger partial charge in [0.15, 0.2) is 0 Å². The number of methoxy groups -OCH3 is 1. The third-order valence-corrected chi connectivity index (χ3v) is 2.06. The van der Waals surface area contributed by atoms with Crippen LogP contribution in [0, 0.1) is 0 Å². The fourth-order valence-corrected chi connectivity index (χ4v) is 1.38. The number of hydrogen-bond donors (Lipinski definition) is 2. The second-order valence-electron chi connectivity index (χ2n) is 3.26. The summed E-state index contributed by atoms with van der Waals surface area (Å²) in [6.07, 6.45) is -0.284. The molecule has 0 aromatic heterocycles. The number of ether oxygens (including phenoxy) is 1. The molecule has 1 atom stereocenters. The van der Waals surface area contributed by atoms with Gasteiger partial charge in [0, 0.05) is 7.11 Å². The molecule has 0 radical (unpaired) electrons. The third kappa shape index (κ3) is 3.36. The van der Waals surface area contributed by atoms with E-state index in [2.05, 4.69) is 10.5 Å². The summed E-state index contributed by atoms with van der Waals surface area (Å²) >= 11 is 0. The van der Waals surface area contributed by atoms with Gasteiger partial charge in [-0.3, -0.25) is 0 Å². The van der Waals surface area contributed by atoms with Crippen LogP contribution in [0.3, 0.4) is 0 Å². The summed E-state index contributed by atoms with van der Waals surface area (Å²) in [4.78, 5) is 10.5. The number of nitrogens with one attached hydrogen (secondary N) is 1. The highest BCUT2D eigenvalue weighted by Gasteiger charge is 2.13. The number of hydrazone groups is 1. The molecule has 0 saturated carbocycles. The fourth-order valence-electron chi connectivity index (χ4n) is 1.38. The van der Waals surface area contributed by atoms with E-state index in [-0.39, 0.29) is 6.10 Å². The van der Waals surface area contributed by atoms with Crippen LogP contribution >= 0.6 is 0 Å². The number of rotatable bonds is 4. The number of carbonyl (C=O) groups is 1. The fraction of sp³-hybridized carbons (Fsp3) is 0.273. The first-order valence-electron chi connectivity index (χ1n) is 4.82. The van der Waals surface area contributed by atoms with Gasteiger partial charge in [0.1, 0.15) is 6.10 Å². The van der Waals surface area contributed by atoms with Gasteiger partial charge in [-0.2, -0.15) is 5.10 Å². The van der Waals surface area contributed by atoms with E-state index in [0.29, 0.717) is 5.71 Å². The van der Waals surface area contributed by atoms with E-state index in [1.54, 1.807) is 14.0 Å². The number of primary amides is 1. The largest absolute Gasteiger partial charge is 0.371 e. The maximum absolute atomic E-state index is 10.5. The first-order valence-corrected chi connectivity index (χ1v) is 4.82. The number of urea groups is 1. The zero-order valence-corrected chi connectivity index (χ0v) is 9.31. The van der Waals surface area contributed by atoms with Crippen molar-refractivity contribution in [2.45, 2.75) is 13.0 Å². The Hall–Kier alpha value is -1.88. The first kappa shape index (κ1) is 12.2. The van der Waals surface area contributed by atoms with E-state index >= 15 is 0 Å². The molecule has 86 valence electrons. The lowest BCUT2D eigenvalue weighted by Gasteiger charge is -2.15. The minimum absolute atomic E-state index is 0.284. The summed E-state index contributed by atoms with van der Waals surface area (Å²) in [7, 11) is 1.58. The van der Waals surface area contributed by atoms with Crippen molar-refractivity contribution in [2.75, 3.05) is 7.11 Å². The average Bonchev–Trinajstić information content (AvgIpc) is 2.29. The van der Waals surface area contributed by atoms with Crippen LogP contribution in [0.4, 0.5) is 4.79 Å². The summed E-state index contributed by atoms with van der Waals surface area (Å²) in [6, 6.07) is 8.91. The van der Waals surface area contributed by atoms with Crippen LogP contribution < -0.4 is 11.2 Å². The van der Waals surface area contributed by atoms with Crippen molar-refractivity contribution in [2.24, 2.45) is 10.8 Å². The minimum atomic E-state index is -0.692. The number of amides is 2. The number of nitrogens with two attached hydrogens (primary N) is 1. The van der Waals surface area contributed by atoms with E-state index in [4.69, 9.17) is 10.5 Å². The molecule has 0 aliphatic rings. The predicted octanol–water partition coefficient (Wildman–Crippen LogP) is 1.42. The van der Waals surface area contributed by atoms with Crippen LogP contribution in [0.25, 0.3) is 0 Å². The molecule has 3 N–H and O–H groups in total. The molecule has 0 bridgehead atoms. The normalized spacial score (nSPS) is 13.2. The molecule has 0 fully saturated rings. The van der Waals surface area contributed by atoms with Gasteiger partial charge in [-0.05, 0) is 12.5 Å². The van der Waals surface area contributed by atoms with Crippen LogP contribution in [0.2, 0.25) is 0 Å². The molecule has 0 heterocycles. The Morgan fingerprint density at radius 1 is 1.44 bits per heavy atom. The monoisotopic (exact) mass is 221 g/mol. The first-order chi connectivity index (χ1) is 7.65. The number of carbonyl (C=O) groups excluding carboxylic acids is 1. The second kappa shape index (κ2) is 5.87. The molecule has 0 saturated heterocycles. The van der Waals surface area contributed by atoms with Crippen molar-refractivity contribution in [1.82, 2.24) is 5.43 Å². The van der Waals surface area contributed by atoms with E-state index in [1.165, 1.54) is 0 Å². The highest BCUT2D eigenvalue weighted by molar-refractivity contribution is 5.88. The van der Waals surface area contributed by atoms with Gasteiger partial charge in [-0.1, -0.05) is 30.3 Å². The van der Waals surface area contributed by atoms with Crippen LogP contribution in [-0.2, 0) is 4.74 Å². The zero-order valence-electron chi connectivity index (χ0n) is 9.31. The predicted molar refractivity (Wildman–Crippen MR) is 62.0 cm³/mol. The number of benzene rings is 1. The molecule has 0 aliphatic carbocycles. The standard InChI is InChI=1S/C11H15N3O2/c1-8(13-14-11(12)15)10(16-2)9-6-4-3-5-7-9/h3-7,10H,1-2H3,(H3,12,14,15). The molecule has 0 spiro atoms. The lowest BCUT2D eigenvalue weighted by atomic mass is 10.1. The molecule has 2 amide bonds. The second-order valence-corrected chi connectivity index (χ2v) is 3.26. The van der Waals surface area contributed by atoms with Crippen molar-refractivity contribution >= 4 is 11.7 Å². The molecular formula is C11H15N3O2. The molecule has 1 aromatic carbocycles. The summed E-state index contributed by atoms with van der Waals surface area (Å²) in [5.74, 6) is 0. The average molecular weight is 221 g/mol. The maximum atomic E-state index is 10.5. The number of nitrogens with zero attached hydrogens (tertiary/aromatic N) is 1. The molecule has 0 aliphatic heterocycles. The topological polar surface area (TPSA) is 76.7 Å². The van der Waals surface area contributed by atoms with Crippen molar-refractivity contribution in [3.63, 3.8) is 0 Å². The summed E-state index contributed by atoms with van der Waals surface area (Å²) < 4.78 is 5.31. The van der Waals surface area contributed by atoms with E-state index in [0.717, 1.165) is 5.56 Å². The Morgan fingerprint density at radius 2 is 2.06 bits per heavy atom. The molecular weight excluding hydrogens is 206 g/mol. The molecule has 5 nitrogen and oxygen atoms in total. The quantitative estimate of drug-likeness (QED) is 0.595. The van der Waals surface area contributed by atoms with Gasteiger partial charge >= 0.3 is 6.03 Å². The Morgan fingerprint density at radius 3 is 2.56 bits per heavy atom. The molecule has 16 heavy (non-hydrogen) atoms. The Labute approximate surface area is 94.3 Å². The van der Waals surface area contributed by atoms with Gasteiger partial charge in [0.2, 0.25) is 0 Å². The molecule has 1 aromatic rings. The molecule has 1 unspecified atom stereocenters. The minimum Gasteiger partial charge on any atom is -0.371 e. The van der Waals surface area contributed by atoms with Crippen molar-refractivity contribution in [1.29, 1.82) is 0 Å². The van der Waals surface area contributed by atoms with Gasteiger partial charge in [-0.15, -0.1) is 0 Å². The van der Waals surface area contributed by atoms with Crippen LogP contribution in [-0.4, -0.2) is 18.9 Å². The highest BCUT2D eigenvalue weighted by atomic mass is 16.5. The third-order valence-electron chi connectivity index (χ3n) is 2.06. The van der Waals surface area contributed by atoms with Crippen LogP contribution in [0.1, 0.15) is 18.6 Å². The highest BCUT2D eigenvalue weighted by Crippen LogP contribution is 2.17. The van der Waals surface area contributed by atoms with E-state index < -0.39 is 6.03 Å². The lowest BCUT2D eigenvalue weighted by molar-refractivity contribution is 0.157. The van der Waals surface area contributed by atoms with Gasteiger partial charge in [-0.25, -0.2) is 10.2 Å². The SMILES string of the molecule is COC(C(C)=NNC(N)=O)c1ccccc1. The van der Waals surface area contributed by atoms with E-state index in [1.807, 2.05) is 30.3 Å². The van der Waals surface area contributed by atoms with Crippen molar-refractivity contribution < 1.29 is 9.53 Å². The van der Waals surface area contributed by atoms with Crippen LogP contribution in [0.5, 0.6) is 0 Å². The Balaban J connectivity index is 2.82. The van der Waals surface area contributed by atoms with Crippen LogP contribution in [0.15, 0.2) is 35.4 Å². The lowest BCUT2D eigenvalue weighted by Crippen LogP contribution is -2.26. The summed E-state index contributed by atoms with van der Waals surface area (Å²) in [6.45, 7) is 1.76. The smallest absolute Gasteiger partial charge is 0.332 e. The Kier molecular flexibility index (Phi) is 4.47. The van der Waals surface area contributed by atoms with Crippen molar-refractivity contribution in [3.05, 3.63) is 35.9 Å². The number of hydrogen-bond acceptors (Lipinski definition) is 3. The van der Waals surface area contributed by atoms with E-state index in [9.17, 15) is 4.79 Å². The molecule has 1 rings (SSSR count). The summed E-state index contributed by atoms with van der Waals surface area (Å²) in [5.41, 5.74) is 8.70. The summed E-state index contributed by atoms with van der Waals surface area (Å²) in [5, 5.41) is 3.84. The van der Waals surface area contributed by atoms with Gasteiger partial charge < -0.3 is 10.5 Å². The van der Waals surface area contributed by atoms with Crippen molar-refractivity contribution in [3.8, 4) is 0 Å². The van der Waals surface area contributed by atoms with Gasteiger partial charge in [0.05, 0.1) is 5.71 Å². The van der Waals surface area contributed by atoms with Gasteiger partial charge in [0.25, 0.3) is 0 Å². The Bertz CT molecular complexity index is 376. The molecule has 5 heteroatoms.